The van der Waals surface area contributed by atoms with Gasteiger partial charge < -0.3 is 5.73 Å². The molecule has 0 saturated heterocycles. The minimum atomic E-state index is -0.619. The number of Topliss-reactive ketones (excluding diaryl/α,β-unsaturated/α-hetero) is 1. The van der Waals surface area contributed by atoms with Crippen molar-refractivity contribution in [3.05, 3.63) is 34.1 Å². The van der Waals surface area contributed by atoms with Crippen LogP contribution < -0.4 is 5.73 Å². The molecule has 0 heterocycles. The fraction of sp³-hybridized carbons (Fsp3) is 0.222. The van der Waals surface area contributed by atoms with Crippen LogP contribution in [0.1, 0.15) is 15.9 Å². The van der Waals surface area contributed by atoms with Crippen molar-refractivity contribution in [2.24, 2.45) is 5.73 Å². The number of nitrogens with two attached hydrogens (primary N) is 1. The van der Waals surface area contributed by atoms with Crippen LogP contribution in [-0.4, -0.2) is 12.3 Å². The van der Waals surface area contributed by atoms with Crippen LogP contribution in [0.5, 0.6) is 0 Å². The van der Waals surface area contributed by atoms with Crippen LogP contribution in [0.3, 0.4) is 0 Å². The van der Waals surface area contributed by atoms with Crippen LogP contribution in [0, 0.1) is 12.7 Å². The quantitative estimate of drug-likeness (QED) is 0.743. The van der Waals surface area contributed by atoms with Crippen molar-refractivity contribution in [3.8, 4) is 0 Å². The summed E-state index contributed by atoms with van der Waals surface area (Å²) in [6.45, 7) is 1.47. The Morgan fingerprint density at radius 3 is 2.77 bits per heavy atom. The van der Waals surface area contributed by atoms with E-state index in [9.17, 15) is 9.18 Å². The molecule has 13 heavy (non-hydrogen) atoms. The zero-order valence-corrected chi connectivity index (χ0v) is 7.86. The minimum absolute atomic E-state index is 0.107. The summed E-state index contributed by atoms with van der Waals surface area (Å²) in [6.07, 6.45) is 0. The van der Waals surface area contributed by atoms with E-state index in [0.717, 1.165) is 0 Å². The second-order valence-corrected chi connectivity index (χ2v) is 3.06. The number of benzene rings is 1. The van der Waals surface area contributed by atoms with Gasteiger partial charge in [0, 0.05) is 0 Å². The fourth-order valence-electron chi connectivity index (χ4n) is 1.01. The SMILES string of the molecule is Cc1ccc(F)c(C(=O)CN)c1Cl. The van der Waals surface area contributed by atoms with Crippen LogP contribution in [0.25, 0.3) is 0 Å². The molecule has 0 unspecified atom stereocenters. The molecule has 0 aliphatic carbocycles. The molecule has 0 atom stereocenters. The van der Waals surface area contributed by atoms with E-state index in [1.807, 2.05) is 0 Å². The predicted molar refractivity (Wildman–Crippen MR) is 49.5 cm³/mol. The molecule has 0 fully saturated rings. The molecule has 2 nitrogen and oxygen atoms in total. The summed E-state index contributed by atoms with van der Waals surface area (Å²) in [5, 5.41) is 0.149. The van der Waals surface area contributed by atoms with Gasteiger partial charge in [-0.05, 0) is 18.6 Å². The highest BCUT2D eigenvalue weighted by atomic mass is 35.5. The lowest BCUT2D eigenvalue weighted by Gasteiger charge is -2.05. The summed E-state index contributed by atoms with van der Waals surface area (Å²) < 4.78 is 13.1. The standard InChI is InChI=1S/C9H9ClFNO/c1-5-2-3-6(11)8(9(5)10)7(13)4-12/h2-3H,4,12H2,1H3. The Morgan fingerprint density at radius 2 is 2.23 bits per heavy atom. The van der Waals surface area contributed by atoms with Crippen molar-refractivity contribution in [2.45, 2.75) is 6.92 Å². The lowest BCUT2D eigenvalue weighted by atomic mass is 10.1. The van der Waals surface area contributed by atoms with E-state index in [0.29, 0.717) is 5.56 Å². The first-order valence-electron chi connectivity index (χ1n) is 3.75. The van der Waals surface area contributed by atoms with Crippen molar-refractivity contribution in [3.63, 3.8) is 0 Å². The summed E-state index contributed by atoms with van der Waals surface area (Å²) in [6, 6.07) is 2.73. The highest BCUT2D eigenvalue weighted by molar-refractivity contribution is 6.34. The monoisotopic (exact) mass is 201 g/mol. The number of aryl methyl sites for hydroxylation is 1. The highest BCUT2D eigenvalue weighted by Crippen LogP contribution is 2.23. The van der Waals surface area contributed by atoms with Crippen LogP contribution in [-0.2, 0) is 0 Å². The molecular formula is C9H9ClFNO. The molecule has 0 aliphatic rings. The molecule has 2 N–H and O–H groups in total. The van der Waals surface area contributed by atoms with Gasteiger partial charge in [0.25, 0.3) is 0 Å². The molecule has 0 bridgehead atoms. The molecule has 0 spiro atoms. The Labute approximate surface area is 80.5 Å². The van der Waals surface area contributed by atoms with E-state index in [4.69, 9.17) is 17.3 Å². The van der Waals surface area contributed by atoms with E-state index in [2.05, 4.69) is 0 Å². The summed E-state index contributed by atoms with van der Waals surface area (Å²) in [5.74, 6) is -1.10. The number of hydrogen-bond acceptors (Lipinski definition) is 2. The van der Waals surface area contributed by atoms with E-state index in [1.54, 1.807) is 6.92 Å². The van der Waals surface area contributed by atoms with Gasteiger partial charge in [0.2, 0.25) is 0 Å². The number of halogens is 2. The summed E-state index contributed by atoms with van der Waals surface area (Å²) >= 11 is 5.76. The van der Waals surface area contributed by atoms with Crippen molar-refractivity contribution < 1.29 is 9.18 Å². The predicted octanol–water partition coefficient (Wildman–Crippen LogP) is 1.93. The summed E-state index contributed by atoms with van der Waals surface area (Å²) in [7, 11) is 0. The van der Waals surface area contributed by atoms with Crippen molar-refractivity contribution in [1.29, 1.82) is 0 Å². The number of carbonyl (C=O) groups is 1. The Morgan fingerprint density at radius 1 is 1.62 bits per heavy atom. The average Bonchev–Trinajstić information content (AvgIpc) is 2.12. The molecule has 1 rings (SSSR count). The lowest BCUT2D eigenvalue weighted by molar-refractivity contribution is 0.0997. The van der Waals surface area contributed by atoms with Gasteiger partial charge in [-0.15, -0.1) is 0 Å². The fourth-order valence-corrected chi connectivity index (χ4v) is 1.27. The average molecular weight is 202 g/mol. The Bertz CT molecular complexity index is 352. The maximum Gasteiger partial charge on any atom is 0.180 e. The normalized spacial score (nSPS) is 10.2. The molecule has 0 amide bonds. The first-order chi connectivity index (χ1) is 6.07. The molecule has 4 heteroatoms. The van der Waals surface area contributed by atoms with Crippen LogP contribution in [0.2, 0.25) is 5.02 Å². The maximum absolute atomic E-state index is 13.1. The minimum Gasteiger partial charge on any atom is -0.324 e. The zero-order valence-electron chi connectivity index (χ0n) is 7.10. The maximum atomic E-state index is 13.1. The molecular weight excluding hydrogens is 193 g/mol. The number of hydrogen-bond donors (Lipinski definition) is 1. The highest BCUT2D eigenvalue weighted by Gasteiger charge is 2.15. The number of ketones is 1. The number of carbonyl (C=O) groups excluding carboxylic acids is 1. The third-order valence-electron chi connectivity index (χ3n) is 1.75. The molecule has 0 aliphatic heterocycles. The lowest BCUT2D eigenvalue weighted by Crippen LogP contribution is -2.16. The first-order valence-corrected chi connectivity index (χ1v) is 4.13. The second kappa shape index (κ2) is 3.85. The molecule has 1 aromatic carbocycles. The number of rotatable bonds is 2. The zero-order chi connectivity index (χ0) is 10.0. The van der Waals surface area contributed by atoms with Crippen LogP contribution in [0.15, 0.2) is 12.1 Å². The largest absolute Gasteiger partial charge is 0.324 e. The summed E-state index contributed by atoms with van der Waals surface area (Å²) in [4.78, 5) is 11.2. The second-order valence-electron chi connectivity index (χ2n) is 2.68. The first kappa shape index (κ1) is 10.2. The van der Waals surface area contributed by atoms with Gasteiger partial charge in [-0.3, -0.25) is 4.79 Å². The van der Waals surface area contributed by atoms with Crippen molar-refractivity contribution in [2.75, 3.05) is 6.54 Å². The van der Waals surface area contributed by atoms with Crippen molar-refractivity contribution in [1.82, 2.24) is 0 Å². The van der Waals surface area contributed by atoms with Gasteiger partial charge in [-0.25, -0.2) is 4.39 Å². The Kier molecular flexibility index (Phi) is 3.01. The van der Waals surface area contributed by atoms with Gasteiger partial charge in [-0.2, -0.15) is 0 Å². The van der Waals surface area contributed by atoms with Gasteiger partial charge in [-0.1, -0.05) is 17.7 Å². The Hall–Kier alpha value is -0.930. The van der Waals surface area contributed by atoms with Gasteiger partial charge in [0.05, 0.1) is 17.1 Å². The van der Waals surface area contributed by atoms with Crippen LogP contribution >= 0.6 is 11.6 Å². The third-order valence-corrected chi connectivity index (χ3v) is 2.24. The van der Waals surface area contributed by atoms with E-state index < -0.39 is 11.6 Å². The van der Waals surface area contributed by atoms with Crippen LogP contribution in [0.4, 0.5) is 4.39 Å². The van der Waals surface area contributed by atoms with Gasteiger partial charge in [0.1, 0.15) is 5.82 Å². The smallest absolute Gasteiger partial charge is 0.180 e. The van der Waals surface area contributed by atoms with Crippen molar-refractivity contribution >= 4 is 17.4 Å². The molecule has 0 radical (unpaired) electrons. The molecule has 0 aromatic heterocycles. The third kappa shape index (κ3) is 1.87. The summed E-state index contributed by atoms with van der Waals surface area (Å²) in [5.41, 5.74) is 5.68. The van der Waals surface area contributed by atoms with E-state index in [1.165, 1.54) is 12.1 Å². The van der Waals surface area contributed by atoms with E-state index in [-0.39, 0.29) is 17.1 Å². The Balaban J connectivity index is 3.33. The topological polar surface area (TPSA) is 43.1 Å². The molecule has 70 valence electrons. The van der Waals surface area contributed by atoms with Gasteiger partial charge in [0.15, 0.2) is 5.78 Å². The van der Waals surface area contributed by atoms with Gasteiger partial charge >= 0.3 is 0 Å². The van der Waals surface area contributed by atoms with E-state index >= 15 is 0 Å². The molecule has 0 saturated carbocycles. The molecule has 1 aromatic rings.